The van der Waals surface area contributed by atoms with Crippen molar-refractivity contribution in [1.29, 1.82) is 0 Å². The number of nitrogens with two attached hydrogens (primary N) is 1. The Balaban J connectivity index is 1.44. The minimum atomic E-state index is -2.63. The van der Waals surface area contributed by atoms with Crippen molar-refractivity contribution in [3.05, 3.63) is 42.4 Å². The third kappa shape index (κ3) is 4.98. The van der Waals surface area contributed by atoms with E-state index in [1.165, 1.54) is 12.4 Å². The first-order valence-corrected chi connectivity index (χ1v) is 11.3. The number of alkyl halides is 2. The number of amides is 1. The van der Waals surface area contributed by atoms with Gasteiger partial charge in [-0.25, -0.2) is 28.7 Å². The SMILES string of the molecule is [2H]C([2H])([2H])Nc1ncc(C(N)=Nc2ccc(N3CCC(F)(F)CC3)cn2)c2cc(NC(=O)C3CC3)ncc12. The number of fused-ring (bicyclic) bond motifs is 1. The standard InChI is InChI=1S/C24H26F2N8O/c1-28-22-18-13-30-20(33-23(35)14-2-3-14)10-16(18)17(12-31-22)21(27)32-19-5-4-15(11-29-19)34-8-6-24(25,26)7-9-34/h4-5,10-14H,2-3,6-9H2,1H3,(H,28,31)(H2,27,29,32)(H,30,33,35)/i1D3. The number of hydrogen-bond acceptors (Lipinski definition) is 7. The van der Waals surface area contributed by atoms with Crippen molar-refractivity contribution in [2.24, 2.45) is 16.6 Å². The normalized spacial score (nSPS) is 19.5. The molecule has 0 radical (unpaired) electrons. The van der Waals surface area contributed by atoms with Gasteiger partial charge in [0, 0.05) is 71.7 Å². The van der Waals surface area contributed by atoms with Crippen LogP contribution in [0.4, 0.5) is 31.9 Å². The lowest BCUT2D eigenvalue weighted by molar-refractivity contribution is -0.117. The second kappa shape index (κ2) is 9.05. The van der Waals surface area contributed by atoms with Crippen molar-refractivity contribution >= 4 is 45.7 Å². The summed E-state index contributed by atoms with van der Waals surface area (Å²) in [4.78, 5) is 31.3. The van der Waals surface area contributed by atoms with E-state index >= 15 is 0 Å². The summed E-state index contributed by atoms with van der Waals surface area (Å²) in [5.74, 6) is -2.06. The largest absolute Gasteiger partial charge is 0.383 e. The number of nitrogens with zero attached hydrogens (tertiary/aromatic N) is 5. The van der Waals surface area contributed by atoms with Gasteiger partial charge in [-0.1, -0.05) is 0 Å². The molecule has 11 heteroatoms. The summed E-state index contributed by atoms with van der Waals surface area (Å²) >= 11 is 0. The molecule has 1 aliphatic carbocycles. The molecule has 9 nitrogen and oxygen atoms in total. The highest BCUT2D eigenvalue weighted by atomic mass is 19.3. The van der Waals surface area contributed by atoms with Gasteiger partial charge in [0.25, 0.3) is 5.92 Å². The second-order valence-corrected chi connectivity index (χ2v) is 8.74. The van der Waals surface area contributed by atoms with Crippen molar-refractivity contribution in [3.63, 3.8) is 0 Å². The molecule has 3 aromatic rings. The van der Waals surface area contributed by atoms with Crippen LogP contribution in [0.15, 0.2) is 41.8 Å². The smallest absolute Gasteiger partial charge is 0.251 e. The zero-order valence-electron chi connectivity index (χ0n) is 21.8. The summed E-state index contributed by atoms with van der Waals surface area (Å²) in [6, 6.07) is 4.98. The lowest BCUT2D eigenvalue weighted by Gasteiger charge is -2.33. The zero-order valence-corrected chi connectivity index (χ0v) is 18.8. The minimum Gasteiger partial charge on any atom is -0.383 e. The second-order valence-electron chi connectivity index (χ2n) is 8.74. The molecule has 182 valence electrons. The number of piperidine rings is 1. The Kier molecular flexibility index (Phi) is 5.02. The molecule has 3 aromatic heterocycles. The van der Waals surface area contributed by atoms with Crippen LogP contribution in [-0.4, -0.2) is 52.7 Å². The van der Waals surface area contributed by atoms with E-state index in [0.717, 1.165) is 12.8 Å². The zero-order chi connectivity index (χ0) is 27.1. The maximum atomic E-state index is 13.5. The fourth-order valence-electron chi connectivity index (χ4n) is 3.99. The van der Waals surface area contributed by atoms with E-state index in [1.807, 2.05) is 4.90 Å². The lowest BCUT2D eigenvalue weighted by atomic mass is 10.1. The van der Waals surface area contributed by atoms with E-state index in [-0.39, 0.29) is 49.4 Å². The Labute approximate surface area is 205 Å². The van der Waals surface area contributed by atoms with Gasteiger partial charge in [0.2, 0.25) is 5.91 Å². The maximum Gasteiger partial charge on any atom is 0.251 e. The number of pyridine rings is 3. The minimum absolute atomic E-state index is 0.0284. The van der Waals surface area contributed by atoms with Crippen LogP contribution in [0, 0.1) is 5.92 Å². The average molecular weight is 484 g/mol. The summed E-state index contributed by atoms with van der Waals surface area (Å²) < 4.78 is 49.6. The topological polar surface area (TPSA) is 121 Å². The van der Waals surface area contributed by atoms with Crippen LogP contribution in [0.2, 0.25) is 0 Å². The number of rotatable bonds is 6. The van der Waals surface area contributed by atoms with Gasteiger partial charge >= 0.3 is 0 Å². The molecule has 5 rings (SSSR count). The summed E-state index contributed by atoms with van der Waals surface area (Å²) in [6.07, 6.45) is 5.63. The molecule has 0 aromatic carbocycles. The Morgan fingerprint density at radius 2 is 1.97 bits per heavy atom. The Morgan fingerprint density at radius 1 is 1.17 bits per heavy atom. The number of amidine groups is 1. The van der Waals surface area contributed by atoms with Gasteiger partial charge in [0.15, 0.2) is 5.82 Å². The van der Waals surface area contributed by atoms with Gasteiger partial charge in [0.1, 0.15) is 17.5 Å². The number of halogens is 2. The van der Waals surface area contributed by atoms with Crippen molar-refractivity contribution in [3.8, 4) is 0 Å². The van der Waals surface area contributed by atoms with E-state index in [0.29, 0.717) is 33.7 Å². The average Bonchev–Trinajstić information content (AvgIpc) is 3.70. The summed E-state index contributed by atoms with van der Waals surface area (Å²) in [5, 5.41) is 6.03. The fraction of sp³-hybridized carbons (Fsp3) is 0.375. The molecule has 1 amide bonds. The van der Waals surface area contributed by atoms with E-state index in [2.05, 4.69) is 30.6 Å². The molecule has 1 saturated heterocycles. The monoisotopic (exact) mass is 483 g/mol. The molecule has 35 heavy (non-hydrogen) atoms. The molecular weight excluding hydrogens is 454 g/mol. The number of nitrogens with one attached hydrogen (secondary N) is 2. The maximum absolute atomic E-state index is 13.5. The van der Waals surface area contributed by atoms with Crippen LogP contribution in [0.1, 0.15) is 35.4 Å². The first-order valence-electron chi connectivity index (χ1n) is 12.8. The number of carbonyl (C=O) groups excluding carboxylic acids is 1. The number of hydrogen-bond donors (Lipinski definition) is 3. The molecule has 1 aliphatic heterocycles. The van der Waals surface area contributed by atoms with Crippen molar-refractivity contribution in [2.45, 2.75) is 31.6 Å². The highest BCUT2D eigenvalue weighted by molar-refractivity contribution is 6.12. The van der Waals surface area contributed by atoms with Crippen molar-refractivity contribution < 1.29 is 17.7 Å². The van der Waals surface area contributed by atoms with E-state index in [4.69, 9.17) is 9.85 Å². The molecule has 1 saturated carbocycles. The van der Waals surface area contributed by atoms with Crippen LogP contribution < -0.4 is 21.3 Å². The first-order chi connectivity index (χ1) is 18.0. The Morgan fingerprint density at radius 3 is 2.66 bits per heavy atom. The van der Waals surface area contributed by atoms with Crippen molar-refractivity contribution in [1.82, 2.24) is 15.0 Å². The van der Waals surface area contributed by atoms with E-state index in [1.54, 1.807) is 24.4 Å². The molecular formula is C24H26F2N8O. The van der Waals surface area contributed by atoms with Gasteiger partial charge < -0.3 is 21.3 Å². The number of carbonyl (C=O) groups is 1. The molecule has 0 atom stereocenters. The van der Waals surface area contributed by atoms with Crippen LogP contribution in [0.5, 0.6) is 0 Å². The predicted octanol–water partition coefficient (Wildman–Crippen LogP) is 3.69. The number of anilines is 3. The van der Waals surface area contributed by atoms with Gasteiger partial charge in [-0.2, -0.15) is 0 Å². The highest BCUT2D eigenvalue weighted by Crippen LogP contribution is 2.32. The first kappa shape index (κ1) is 19.4. The van der Waals surface area contributed by atoms with Gasteiger partial charge in [-0.05, 0) is 31.0 Å². The van der Waals surface area contributed by atoms with E-state index < -0.39 is 12.9 Å². The van der Waals surface area contributed by atoms with Gasteiger partial charge in [-0.15, -0.1) is 0 Å². The molecule has 4 heterocycles. The van der Waals surface area contributed by atoms with Crippen LogP contribution in [0.3, 0.4) is 0 Å². The molecule has 0 bridgehead atoms. The fourth-order valence-corrected chi connectivity index (χ4v) is 3.99. The molecule has 2 fully saturated rings. The number of aliphatic imine (C=N–C) groups is 1. The predicted molar refractivity (Wildman–Crippen MR) is 131 cm³/mol. The van der Waals surface area contributed by atoms with Crippen LogP contribution in [-0.2, 0) is 4.79 Å². The molecule has 4 N–H and O–H groups in total. The third-order valence-corrected chi connectivity index (χ3v) is 6.19. The summed E-state index contributed by atoms with van der Waals surface area (Å²) in [7, 11) is 0. The Hall–Kier alpha value is -3.89. The third-order valence-electron chi connectivity index (χ3n) is 6.19. The van der Waals surface area contributed by atoms with Gasteiger partial charge in [0.05, 0.1) is 11.9 Å². The lowest BCUT2D eigenvalue weighted by Crippen LogP contribution is -2.39. The van der Waals surface area contributed by atoms with Crippen LogP contribution in [0.25, 0.3) is 10.8 Å². The molecule has 0 spiro atoms. The summed E-state index contributed by atoms with van der Waals surface area (Å²) in [6.45, 7) is -2.02. The van der Waals surface area contributed by atoms with Gasteiger partial charge in [-0.3, -0.25) is 4.79 Å². The van der Waals surface area contributed by atoms with E-state index in [9.17, 15) is 13.6 Å². The number of aromatic nitrogens is 3. The van der Waals surface area contributed by atoms with Crippen LogP contribution >= 0.6 is 0 Å². The molecule has 0 unspecified atom stereocenters. The summed E-state index contributed by atoms with van der Waals surface area (Å²) in [5.41, 5.74) is 7.44. The highest BCUT2D eigenvalue weighted by Gasteiger charge is 2.34. The van der Waals surface area contributed by atoms with Crippen molar-refractivity contribution in [2.75, 3.05) is 35.6 Å². The quantitative estimate of drug-likeness (QED) is 0.361. The Bertz CT molecular complexity index is 1380. The molecule has 2 aliphatic rings.